The van der Waals surface area contributed by atoms with Crippen molar-refractivity contribution >= 4 is 37.7 Å². The maximum Gasteiger partial charge on any atom is 0.429 e. The second-order valence-electron chi connectivity index (χ2n) is 6.04. The maximum atomic E-state index is 13.0. The van der Waals surface area contributed by atoms with E-state index in [0.717, 1.165) is 4.47 Å². The van der Waals surface area contributed by atoms with Crippen molar-refractivity contribution in [2.45, 2.75) is 31.3 Å². The molecule has 0 saturated heterocycles. The van der Waals surface area contributed by atoms with Gasteiger partial charge in [0.1, 0.15) is 5.60 Å². The lowest BCUT2D eigenvalue weighted by atomic mass is 10.2. The maximum absolute atomic E-state index is 13.0. The first-order valence-corrected chi connectivity index (χ1v) is 9.43. The summed E-state index contributed by atoms with van der Waals surface area (Å²) in [6.45, 7) is 5.04. The molecule has 0 N–H and O–H groups in total. The number of benzene rings is 2. The molecular weight excluding hydrogens is 394 g/mol. The molecule has 128 valence electrons. The average Bonchev–Trinajstić information content (AvgIpc) is 2.46. The van der Waals surface area contributed by atoms with Crippen LogP contribution in [0.4, 0.5) is 10.5 Å². The van der Waals surface area contributed by atoms with Crippen LogP contribution < -0.4 is 4.31 Å². The van der Waals surface area contributed by atoms with Crippen LogP contribution >= 0.6 is 15.9 Å². The van der Waals surface area contributed by atoms with Gasteiger partial charge in [-0.25, -0.2) is 13.2 Å². The number of amides is 1. The Bertz CT molecular complexity index is 812. The summed E-state index contributed by atoms with van der Waals surface area (Å²) >= 11 is 3.26. The molecule has 24 heavy (non-hydrogen) atoms. The van der Waals surface area contributed by atoms with Crippen molar-refractivity contribution in [2.75, 3.05) is 4.31 Å². The molecule has 0 aromatic heterocycles. The highest BCUT2D eigenvalue weighted by atomic mass is 79.9. The number of hydrogen-bond donors (Lipinski definition) is 0. The van der Waals surface area contributed by atoms with Crippen molar-refractivity contribution in [2.24, 2.45) is 0 Å². The van der Waals surface area contributed by atoms with Gasteiger partial charge < -0.3 is 4.74 Å². The van der Waals surface area contributed by atoms with Gasteiger partial charge in [-0.3, -0.25) is 0 Å². The standard InChI is InChI=1S/C17H18BrNO4S/c1-17(2,3)23-16(20)19(14-7-5-4-6-8-14)24(21,22)15-11-9-13(18)10-12-15/h4-12H,1-3H3. The number of halogens is 1. The number of hydrogen-bond acceptors (Lipinski definition) is 4. The molecule has 0 bridgehead atoms. The number of carbonyl (C=O) groups is 1. The molecule has 2 aromatic carbocycles. The zero-order valence-electron chi connectivity index (χ0n) is 13.6. The number of rotatable bonds is 3. The molecule has 0 spiro atoms. The molecule has 5 nitrogen and oxygen atoms in total. The fourth-order valence-electron chi connectivity index (χ4n) is 1.92. The first kappa shape index (κ1) is 18.5. The molecule has 0 unspecified atom stereocenters. The van der Waals surface area contributed by atoms with Crippen LogP contribution in [-0.4, -0.2) is 20.1 Å². The minimum absolute atomic E-state index is 0.000382. The minimum Gasteiger partial charge on any atom is -0.443 e. The Balaban J connectivity index is 2.53. The van der Waals surface area contributed by atoms with Crippen LogP contribution in [-0.2, 0) is 14.8 Å². The Morgan fingerprint density at radius 3 is 2.04 bits per heavy atom. The van der Waals surface area contributed by atoms with Crippen molar-refractivity contribution in [3.8, 4) is 0 Å². The second-order valence-corrected chi connectivity index (χ2v) is 8.74. The van der Waals surface area contributed by atoms with Gasteiger partial charge in [-0.05, 0) is 57.2 Å². The zero-order valence-corrected chi connectivity index (χ0v) is 16.0. The summed E-state index contributed by atoms with van der Waals surface area (Å²) in [6.07, 6.45) is -0.948. The summed E-state index contributed by atoms with van der Waals surface area (Å²) in [5, 5.41) is 0. The van der Waals surface area contributed by atoms with E-state index in [2.05, 4.69) is 15.9 Å². The number of sulfonamides is 1. The van der Waals surface area contributed by atoms with Crippen LogP contribution in [0.1, 0.15) is 20.8 Å². The Hall–Kier alpha value is -1.86. The third-order valence-corrected chi connectivity index (χ3v) is 5.14. The summed E-state index contributed by atoms with van der Waals surface area (Å²) < 4.78 is 32.7. The normalized spacial score (nSPS) is 11.8. The Labute approximate surface area is 150 Å². The first-order valence-electron chi connectivity index (χ1n) is 7.20. The molecule has 0 aliphatic heterocycles. The summed E-state index contributed by atoms with van der Waals surface area (Å²) in [6, 6.07) is 14.2. The van der Waals surface area contributed by atoms with Crippen LogP contribution in [0, 0.1) is 0 Å². The summed E-state index contributed by atoms with van der Waals surface area (Å²) in [4.78, 5) is 12.6. The van der Waals surface area contributed by atoms with Crippen molar-refractivity contribution in [1.82, 2.24) is 0 Å². The third-order valence-electron chi connectivity index (χ3n) is 2.90. The highest BCUT2D eigenvalue weighted by Gasteiger charge is 2.34. The summed E-state index contributed by atoms with van der Waals surface area (Å²) in [5.41, 5.74) is -0.603. The topological polar surface area (TPSA) is 63.7 Å². The van der Waals surface area contributed by atoms with E-state index in [4.69, 9.17) is 4.74 Å². The molecule has 7 heteroatoms. The Kier molecular flexibility index (Phi) is 5.35. The fraction of sp³-hybridized carbons (Fsp3) is 0.235. The van der Waals surface area contributed by atoms with Crippen LogP contribution in [0.25, 0.3) is 0 Å². The second kappa shape index (κ2) is 6.94. The zero-order chi connectivity index (χ0) is 18.0. The monoisotopic (exact) mass is 411 g/mol. The molecule has 0 radical (unpaired) electrons. The molecular formula is C17H18BrNO4S. The predicted molar refractivity (Wildman–Crippen MR) is 96.5 cm³/mol. The lowest BCUT2D eigenvalue weighted by Crippen LogP contribution is -2.41. The molecule has 0 atom stereocenters. The van der Waals surface area contributed by atoms with Gasteiger partial charge in [0.05, 0.1) is 10.6 Å². The molecule has 2 rings (SSSR count). The molecule has 1 amide bonds. The fourth-order valence-corrected chi connectivity index (χ4v) is 3.51. The van der Waals surface area contributed by atoms with Crippen molar-refractivity contribution in [3.05, 3.63) is 59.1 Å². The Morgan fingerprint density at radius 1 is 1.00 bits per heavy atom. The van der Waals surface area contributed by atoms with Gasteiger partial charge in [-0.15, -0.1) is 0 Å². The van der Waals surface area contributed by atoms with Crippen molar-refractivity contribution < 1.29 is 17.9 Å². The minimum atomic E-state index is -4.10. The molecule has 0 aliphatic carbocycles. The molecule has 0 aliphatic rings. The van der Waals surface area contributed by atoms with Gasteiger partial charge in [-0.2, -0.15) is 4.31 Å². The van der Waals surface area contributed by atoms with E-state index in [0.29, 0.717) is 4.31 Å². The van der Waals surface area contributed by atoms with Gasteiger partial charge in [-0.1, -0.05) is 34.1 Å². The lowest BCUT2D eigenvalue weighted by molar-refractivity contribution is 0.0609. The summed E-state index contributed by atoms with van der Waals surface area (Å²) in [7, 11) is -4.10. The summed E-state index contributed by atoms with van der Waals surface area (Å²) in [5.74, 6) is 0. The largest absolute Gasteiger partial charge is 0.443 e. The van der Waals surface area contributed by atoms with E-state index >= 15 is 0 Å². The predicted octanol–water partition coefficient (Wildman–Crippen LogP) is 4.58. The van der Waals surface area contributed by atoms with Crippen molar-refractivity contribution in [1.29, 1.82) is 0 Å². The number of para-hydroxylation sites is 1. The van der Waals surface area contributed by atoms with Gasteiger partial charge >= 0.3 is 6.09 Å². The molecule has 0 heterocycles. The van der Waals surface area contributed by atoms with E-state index in [1.807, 2.05) is 0 Å². The van der Waals surface area contributed by atoms with Crippen LogP contribution in [0.3, 0.4) is 0 Å². The van der Waals surface area contributed by atoms with E-state index in [1.165, 1.54) is 12.1 Å². The van der Waals surface area contributed by atoms with Gasteiger partial charge in [0, 0.05) is 4.47 Å². The number of nitrogens with zero attached hydrogens (tertiary/aromatic N) is 1. The van der Waals surface area contributed by atoms with Crippen LogP contribution in [0.2, 0.25) is 0 Å². The number of ether oxygens (including phenoxy) is 1. The van der Waals surface area contributed by atoms with Gasteiger partial charge in [0.25, 0.3) is 10.0 Å². The smallest absolute Gasteiger partial charge is 0.429 e. The number of anilines is 1. The average molecular weight is 412 g/mol. The molecule has 0 fully saturated rings. The van der Waals surface area contributed by atoms with Gasteiger partial charge in [0.15, 0.2) is 0 Å². The quantitative estimate of drug-likeness (QED) is 0.741. The Morgan fingerprint density at radius 2 is 1.54 bits per heavy atom. The van der Waals surface area contributed by atoms with Crippen LogP contribution in [0.15, 0.2) is 64.0 Å². The van der Waals surface area contributed by atoms with E-state index < -0.39 is 21.7 Å². The van der Waals surface area contributed by atoms with E-state index in [-0.39, 0.29) is 10.6 Å². The molecule has 2 aromatic rings. The lowest BCUT2D eigenvalue weighted by Gasteiger charge is -2.27. The highest BCUT2D eigenvalue weighted by molar-refractivity contribution is 9.10. The third kappa shape index (κ3) is 4.36. The molecule has 0 saturated carbocycles. The first-order chi connectivity index (χ1) is 11.1. The van der Waals surface area contributed by atoms with Crippen molar-refractivity contribution in [3.63, 3.8) is 0 Å². The van der Waals surface area contributed by atoms with Crippen LogP contribution in [0.5, 0.6) is 0 Å². The highest BCUT2D eigenvalue weighted by Crippen LogP contribution is 2.26. The van der Waals surface area contributed by atoms with E-state index in [9.17, 15) is 13.2 Å². The SMILES string of the molecule is CC(C)(C)OC(=O)N(c1ccccc1)S(=O)(=O)c1ccc(Br)cc1. The number of carbonyl (C=O) groups excluding carboxylic acids is 1. The van der Waals surface area contributed by atoms with E-state index in [1.54, 1.807) is 63.2 Å². The van der Waals surface area contributed by atoms with Gasteiger partial charge in [0.2, 0.25) is 0 Å².